The molecule has 25 nitrogen and oxygen atoms in total. The number of aryl methyl sites for hydroxylation is 4. The molecule has 0 spiro atoms. The van der Waals surface area contributed by atoms with E-state index >= 15 is 0 Å². The number of benzene rings is 2. The van der Waals surface area contributed by atoms with E-state index in [1.54, 1.807) is 95.9 Å². The lowest BCUT2D eigenvalue weighted by molar-refractivity contribution is 0.0635. The predicted molar refractivity (Wildman–Crippen MR) is 285 cm³/mol. The summed E-state index contributed by atoms with van der Waals surface area (Å²) in [5, 5.41) is 21.2. The van der Waals surface area contributed by atoms with Crippen molar-refractivity contribution in [3.63, 3.8) is 0 Å². The van der Waals surface area contributed by atoms with E-state index in [1.807, 2.05) is 13.8 Å². The molecule has 2 aromatic carbocycles. The molecule has 0 unspecified atom stereocenters. The van der Waals surface area contributed by atoms with Gasteiger partial charge in [-0.15, -0.1) is 0 Å². The van der Waals surface area contributed by atoms with Crippen LogP contribution in [0.5, 0.6) is 11.5 Å². The van der Waals surface area contributed by atoms with Gasteiger partial charge in [-0.05, 0) is 106 Å². The van der Waals surface area contributed by atoms with Crippen LogP contribution in [0.25, 0.3) is 11.0 Å². The molecule has 400 valence electrons. The molecule has 0 aliphatic rings. The number of ether oxygens (including phenoxy) is 3. The van der Waals surface area contributed by atoms with Gasteiger partial charge in [-0.2, -0.15) is 15.3 Å². The Bertz CT molecular complexity index is 3060. The number of hydrogen-bond donors (Lipinski definition) is 6. The van der Waals surface area contributed by atoms with Crippen molar-refractivity contribution < 1.29 is 43.0 Å². The Labute approximate surface area is 433 Å². The third-order valence-electron chi connectivity index (χ3n) is 10.3. The van der Waals surface area contributed by atoms with Crippen LogP contribution in [0.15, 0.2) is 78.1 Å². The number of primary amides is 1. The first-order valence-corrected chi connectivity index (χ1v) is 23.5. The summed E-state index contributed by atoms with van der Waals surface area (Å²) < 4.78 is 23.0. The number of aromatic nitrogens is 8. The number of nitrogens with one attached hydrogen (secondary N) is 3. The minimum Gasteiger partial charge on any atom is -0.494 e. The van der Waals surface area contributed by atoms with Crippen LogP contribution in [0.4, 0.5) is 32.6 Å². The first-order valence-electron chi connectivity index (χ1n) is 23.5. The minimum absolute atomic E-state index is 0.0277. The van der Waals surface area contributed by atoms with E-state index in [4.69, 9.17) is 19.9 Å². The molecular weight excluding hydrogens is 969 g/mol. The highest BCUT2D eigenvalue weighted by atomic mass is 16.6. The third-order valence-corrected chi connectivity index (χ3v) is 10.3. The fraction of sp³-hybridized carbons (Fsp3) is 0.340. The molecule has 25 heteroatoms. The van der Waals surface area contributed by atoms with Crippen LogP contribution >= 0.6 is 0 Å². The van der Waals surface area contributed by atoms with Crippen molar-refractivity contribution in [3.05, 3.63) is 107 Å². The molecular formula is C50H66N16O9. The molecule has 5 amide bonds. The Morgan fingerprint density at radius 2 is 1.49 bits per heavy atom. The molecule has 0 aliphatic heterocycles. The smallest absolute Gasteiger partial charge is 0.412 e. The Hall–Kier alpha value is -8.97. The topological polar surface area (TPSA) is 331 Å². The molecule has 0 atom stereocenters. The van der Waals surface area contributed by atoms with Gasteiger partial charge < -0.3 is 41.3 Å². The van der Waals surface area contributed by atoms with Crippen molar-refractivity contribution >= 4 is 77.0 Å². The van der Waals surface area contributed by atoms with Gasteiger partial charge in [0.25, 0.3) is 11.8 Å². The number of rotatable bonds is 20. The number of carbonyl (C=O) groups excluding carboxylic acids is 6. The summed E-state index contributed by atoms with van der Waals surface area (Å²) in [6.07, 6.45) is 8.99. The van der Waals surface area contributed by atoms with E-state index in [9.17, 15) is 28.8 Å². The Balaban J connectivity index is 0.00000297. The number of nitrogens with zero attached hydrogens (tertiary/aromatic N) is 10. The molecule has 0 aliphatic carbocycles. The first kappa shape index (κ1) is 58.6. The lowest BCUT2D eigenvalue weighted by Gasteiger charge is -2.25. The number of anilines is 3. The first-order chi connectivity index (χ1) is 35.9. The number of hydrogen-bond acceptors (Lipinski definition) is 16. The Kier molecular flexibility index (Phi) is 21.2. The SMILES string of the molecule is C=Nc1cc(C(N)=O)cc(OC)c1N(C/C=C/Cn1c(NC(=O)c2cc(C)nn2CC)nc2cc(C=O)cc(OC(=O)NC/C=C/Cn3cc(NC(=O)OC(C)(C)C)cn3)c21)C(=O)c1cc(C)nn1CC.CN.CN. The summed E-state index contributed by atoms with van der Waals surface area (Å²) in [4.78, 5) is 88.6. The number of allylic oxidation sites excluding steroid dienone is 2. The van der Waals surface area contributed by atoms with E-state index in [0.29, 0.717) is 43.0 Å². The summed E-state index contributed by atoms with van der Waals surface area (Å²) in [5.74, 6) is -1.64. The number of amides is 5. The zero-order valence-corrected chi connectivity index (χ0v) is 43.8. The largest absolute Gasteiger partial charge is 0.494 e. The lowest BCUT2D eigenvalue weighted by atomic mass is 10.1. The minimum atomic E-state index is -0.864. The van der Waals surface area contributed by atoms with Gasteiger partial charge in [0, 0.05) is 50.0 Å². The van der Waals surface area contributed by atoms with Gasteiger partial charge in [0.15, 0.2) is 5.75 Å². The van der Waals surface area contributed by atoms with Crippen molar-refractivity contribution in [1.29, 1.82) is 0 Å². The van der Waals surface area contributed by atoms with Crippen LogP contribution in [0, 0.1) is 13.8 Å². The van der Waals surface area contributed by atoms with Crippen molar-refractivity contribution in [3.8, 4) is 11.5 Å². The zero-order valence-electron chi connectivity index (χ0n) is 43.8. The highest BCUT2D eigenvalue weighted by molar-refractivity contribution is 6.09. The van der Waals surface area contributed by atoms with Crippen LogP contribution in [0.2, 0.25) is 0 Å². The third kappa shape index (κ3) is 15.3. The fourth-order valence-corrected chi connectivity index (χ4v) is 7.31. The molecule has 6 rings (SSSR count). The molecule has 0 saturated heterocycles. The summed E-state index contributed by atoms with van der Waals surface area (Å²) in [6, 6.07) is 8.96. The molecule has 0 bridgehead atoms. The van der Waals surface area contributed by atoms with E-state index in [0.717, 1.165) is 0 Å². The maximum absolute atomic E-state index is 14.6. The predicted octanol–water partition coefficient (Wildman–Crippen LogP) is 5.53. The van der Waals surface area contributed by atoms with Gasteiger partial charge >= 0.3 is 12.2 Å². The molecule has 75 heavy (non-hydrogen) atoms. The highest BCUT2D eigenvalue weighted by Crippen LogP contribution is 2.40. The normalized spacial score (nSPS) is 11.0. The molecule has 6 aromatic rings. The number of nitrogens with two attached hydrogens (primary N) is 3. The lowest BCUT2D eigenvalue weighted by Crippen LogP contribution is -2.33. The standard InChI is InChI=1S/C48H56N14O9.2CH5N/c1-10-61-36(20-29(3)56-61)43(65)55-45-54-35-22-31(28-63)23-39(70-46(67)51-16-12-13-17-58-27-33(26-52-58)53-47(68)71-48(5,6)7)41(35)60(45)19-15-14-18-59(44(66)37-21-30(4)57-62(37)11-2)40-34(50-8)24-32(42(49)64)25-38(40)69-9;2*1-2/h12-15,20-28H,8,10-11,16-19H2,1-7,9H3,(H2,49,64)(H,51,67)(H,53,68)(H,54,55,65);2*2H2,1H3/b13-12+,15-14+;;. The number of fused-ring (bicyclic) bond motifs is 1. The Morgan fingerprint density at radius 3 is 2.11 bits per heavy atom. The second-order valence-electron chi connectivity index (χ2n) is 16.8. The summed E-state index contributed by atoms with van der Waals surface area (Å²) in [5.41, 5.74) is 17.2. The van der Waals surface area contributed by atoms with Crippen LogP contribution in [0.1, 0.15) is 87.7 Å². The van der Waals surface area contributed by atoms with Crippen molar-refractivity contribution in [2.75, 3.05) is 49.8 Å². The number of imidazole rings is 1. The second kappa shape index (κ2) is 27.2. The summed E-state index contributed by atoms with van der Waals surface area (Å²) in [6.45, 7) is 17.2. The van der Waals surface area contributed by atoms with Crippen LogP contribution in [-0.2, 0) is 30.9 Å². The number of carbonyl (C=O) groups is 6. The molecule has 0 radical (unpaired) electrons. The summed E-state index contributed by atoms with van der Waals surface area (Å²) in [7, 11) is 4.38. The van der Waals surface area contributed by atoms with Crippen LogP contribution in [-0.4, -0.2) is 122 Å². The molecule has 0 fully saturated rings. The van der Waals surface area contributed by atoms with Crippen molar-refractivity contribution in [2.45, 2.75) is 80.2 Å². The van der Waals surface area contributed by atoms with Crippen LogP contribution in [0.3, 0.4) is 0 Å². The van der Waals surface area contributed by atoms with Gasteiger partial charge in [-0.1, -0.05) is 24.3 Å². The number of aldehydes is 1. The molecule has 0 saturated carbocycles. The van der Waals surface area contributed by atoms with Gasteiger partial charge in [0.05, 0.1) is 48.1 Å². The van der Waals surface area contributed by atoms with E-state index < -0.39 is 35.5 Å². The average Bonchev–Trinajstić information content (AvgIpc) is 4.18. The number of methoxy groups -OCH3 is 1. The van der Waals surface area contributed by atoms with E-state index in [-0.39, 0.29) is 82.0 Å². The maximum atomic E-state index is 14.6. The van der Waals surface area contributed by atoms with Gasteiger partial charge in [0.1, 0.15) is 40.2 Å². The van der Waals surface area contributed by atoms with E-state index in [1.165, 1.54) is 56.6 Å². The second-order valence-corrected chi connectivity index (χ2v) is 16.8. The van der Waals surface area contributed by atoms with Gasteiger partial charge in [-0.25, -0.2) is 14.6 Å². The average molecular weight is 1040 g/mol. The monoisotopic (exact) mass is 1030 g/mol. The van der Waals surface area contributed by atoms with Crippen molar-refractivity contribution in [2.24, 2.45) is 22.2 Å². The molecule has 4 aromatic heterocycles. The van der Waals surface area contributed by atoms with Crippen molar-refractivity contribution in [1.82, 2.24) is 44.2 Å². The fourth-order valence-electron chi connectivity index (χ4n) is 7.31. The Morgan fingerprint density at radius 1 is 0.840 bits per heavy atom. The van der Waals surface area contributed by atoms with Gasteiger partial charge in [-0.3, -0.25) is 53.7 Å². The maximum Gasteiger partial charge on any atom is 0.412 e. The summed E-state index contributed by atoms with van der Waals surface area (Å²) >= 11 is 0. The highest BCUT2D eigenvalue weighted by Gasteiger charge is 2.28. The molecule has 9 N–H and O–H groups in total. The zero-order chi connectivity index (χ0) is 55.6. The van der Waals surface area contributed by atoms with E-state index in [2.05, 4.69) is 59.4 Å². The number of aliphatic imine (C=N–C) groups is 1. The quantitative estimate of drug-likeness (QED) is 0.0311. The van der Waals surface area contributed by atoms with Gasteiger partial charge in [0.2, 0.25) is 11.9 Å². The molecule has 4 heterocycles. The van der Waals surface area contributed by atoms with Crippen LogP contribution < -0.4 is 47.5 Å².